The van der Waals surface area contributed by atoms with E-state index in [0.717, 1.165) is 23.5 Å². The van der Waals surface area contributed by atoms with Gasteiger partial charge in [-0.25, -0.2) is 8.78 Å². The van der Waals surface area contributed by atoms with Crippen molar-refractivity contribution in [2.45, 2.75) is 25.5 Å². The van der Waals surface area contributed by atoms with E-state index in [4.69, 9.17) is 0 Å². The fourth-order valence-electron chi connectivity index (χ4n) is 2.36. The number of aromatic nitrogens is 3. The predicted octanol–water partition coefficient (Wildman–Crippen LogP) is 4.34. The Morgan fingerprint density at radius 1 is 1.31 bits per heavy atom. The van der Waals surface area contributed by atoms with Crippen molar-refractivity contribution in [3.8, 4) is 11.4 Å². The van der Waals surface area contributed by atoms with Gasteiger partial charge in [0.15, 0.2) is 11.0 Å². The number of amides is 1. The lowest BCUT2D eigenvalue weighted by Crippen LogP contribution is -2.15. The van der Waals surface area contributed by atoms with E-state index >= 15 is 0 Å². The largest absolute Gasteiger partial charge is 0.323 e. The van der Waals surface area contributed by atoms with Gasteiger partial charge >= 0.3 is 0 Å². The zero-order chi connectivity index (χ0) is 18.7. The number of thiophene rings is 1. The molecule has 1 N–H and O–H groups in total. The fourth-order valence-corrected chi connectivity index (χ4v) is 3.85. The molecule has 1 amide bonds. The van der Waals surface area contributed by atoms with Gasteiger partial charge in [-0.2, -0.15) is 0 Å². The van der Waals surface area contributed by atoms with E-state index in [1.54, 1.807) is 11.3 Å². The molecule has 0 radical (unpaired) electrons. The van der Waals surface area contributed by atoms with Crippen LogP contribution in [0.5, 0.6) is 0 Å². The minimum absolute atomic E-state index is 0.0393. The second-order valence-electron chi connectivity index (χ2n) is 5.46. The van der Waals surface area contributed by atoms with Gasteiger partial charge in [0.2, 0.25) is 5.91 Å². The third-order valence-corrected chi connectivity index (χ3v) is 5.39. The molecule has 0 aliphatic carbocycles. The molecule has 0 unspecified atom stereocenters. The van der Waals surface area contributed by atoms with E-state index in [2.05, 4.69) is 15.5 Å². The molecule has 0 saturated heterocycles. The number of nitrogens with zero attached hydrogens (tertiary/aromatic N) is 3. The zero-order valence-corrected chi connectivity index (χ0v) is 15.8. The topological polar surface area (TPSA) is 59.8 Å². The first-order valence-electron chi connectivity index (χ1n) is 7.84. The van der Waals surface area contributed by atoms with Crippen molar-refractivity contribution in [1.82, 2.24) is 14.8 Å². The second kappa shape index (κ2) is 7.96. The number of aryl methyl sites for hydroxylation is 1. The summed E-state index contributed by atoms with van der Waals surface area (Å²) in [5.41, 5.74) is 0.940. The number of rotatable bonds is 6. The van der Waals surface area contributed by atoms with Gasteiger partial charge in [0.1, 0.15) is 11.6 Å². The summed E-state index contributed by atoms with van der Waals surface area (Å²) in [7, 11) is 0. The van der Waals surface area contributed by atoms with Crippen molar-refractivity contribution >= 4 is 34.7 Å². The molecule has 3 rings (SSSR count). The lowest BCUT2D eigenvalue weighted by atomic mass is 10.3. The molecule has 0 bridgehead atoms. The van der Waals surface area contributed by atoms with Crippen molar-refractivity contribution in [2.24, 2.45) is 0 Å². The van der Waals surface area contributed by atoms with E-state index in [-0.39, 0.29) is 11.4 Å². The van der Waals surface area contributed by atoms with Crippen molar-refractivity contribution in [3.63, 3.8) is 0 Å². The molecule has 5 nitrogen and oxygen atoms in total. The minimum atomic E-state index is -0.810. The molecule has 136 valence electrons. The molecule has 3 aromatic rings. The number of hydrogen-bond donors (Lipinski definition) is 1. The highest BCUT2D eigenvalue weighted by Gasteiger charge is 2.16. The Balaban J connectivity index is 1.67. The summed E-state index contributed by atoms with van der Waals surface area (Å²) in [6.45, 7) is 4.66. The molecule has 26 heavy (non-hydrogen) atoms. The number of nitrogens with one attached hydrogen (secondary N) is 1. The van der Waals surface area contributed by atoms with Gasteiger partial charge in [-0.3, -0.25) is 4.79 Å². The van der Waals surface area contributed by atoms with E-state index < -0.39 is 17.5 Å². The van der Waals surface area contributed by atoms with E-state index in [9.17, 15) is 13.6 Å². The van der Waals surface area contributed by atoms with Crippen LogP contribution < -0.4 is 5.32 Å². The zero-order valence-electron chi connectivity index (χ0n) is 14.1. The molecule has 0 atom stereocenters. The lowest BCUT2D eigenvalue weighted by molar-refractivity contribution is -0.113. The van der Waals surface area contributed by atoms with Gasteiger partial charge in [-0.05, 0) is 32.0 Å². The van der Waals surface area contributed by atoms with Gasteiger partial charge in [-0.1, -0.05) is 11.8 Å². The number of hydrogen-bond acceptors (Lipinski definition) is 5. The molecule has 0 spiro atoms. The third kappa shape index (κ3) is 4.10. The van der Waals surface area contributed by atoms with Crippen LogP contribution in [0.2, 0.25) is 0 Å². The first-order valence-corrected chi connectivity index (χ1v) is 9.71. The highest BCUT2D eigenvalue weighted by molar-refractivity contribution is 7.99. The summed E-state index contributed by atoms with van der Waals surface area (Å²) < 4.78 is 28.4. The summed E-state index contributed by atoms with van der Waals surface area (Å²) in [6.07, 6.45) is 0. The maximum absolute atomic E-state index is 13.6. The number of halogens is 2. The van der Waals surface area contributed by atoms with Crippen LogP contribution in [-0.2, 0) is 11.3 Å². The van der Waals surface area contributed by atoms with Gasteiger partial charge in [0, 0.05) is 28.4 Å². The fraction of sp³-hybridized carbons (Fsp3) is 0.235. The smallest absolute Gasteiger partial charge is 0.234 e. The first-order chi connectivity index (χ1) is 12.5. The Kier molecular flexibility index (Phi) is 5.67. The molecular formula is C17H16F2N4OS2. The summed E-state index contributed by atoms with van der Waals surface area (Å²) >= 11 is 2.85. The van der Waals surface area contributed by atoms with Crippen LogP contribution in [-0.4, -0.2) is 26.4 Å². The SMILES string of the molecule is CCn1c(SCC(=O)Nc2ccc(F)cc2F)nnc1-c1csc(C)c1. The van der Waals surface area contributed by atoms with Crippen LogP contribution in [0.3, 0.4) is 0 Å². The van der Waals surface area contributed by atoms with Crippen molar-refractivity contribution < 1.29 is 13.6 Å². The van der Waals surface area contributed by atoms with Crippen LogP contribution >= 0.6 is 23.1 Å². The van der Waals surface area contributed by atoms with Crippen LogP contribution in [0.1, 0.15) is 11.8 Å². The van der Waals surface area contributed by atoms with Gasteiger partial charge < -0.3 is 9.88 Å². The molecule has 0 aliphatic heterocycles. The van der Waals surface area contributed by atoms with Crippen LogP contribution in [0.15, 0.2) is 34.8 Å². The van der Waals surface area contributed by atoms with Crippen LogP contribution in [0.25, 0.3) is 11.4 Å². The normalized spacial score (nSPS) is 10.9. The van der Waals surface area contributed by atoms with Gasteiger partial charge in [0.05, 0.1) is 11.4 Å². The number of carbonyl (C=O) groups excluding carboxylic acids is 1. The Morgan fingerprint density at radius 2 is 2.12 bits per heavy atom. The summed E-state index contributed by atoms with van der Waals surface area (Å²) in [6, 6.07) is 5.05. The molecule has 0 saturated carbocycles. The van der Waals surface area contributed by atoms with Crippen LogP contribution in [0.4, 0.5) is 14.5 Å². The number of thioether (sulfide) groups is 1. The maximum Gasteiger partial charge on any atom is 0.234 e. The molecule has 9 heteroatoms. The Morgan fingerprint density at radius 3 is 2.77 bits per heavy atom. The standard InChI is InChI=1S/C17H16F2N4OS2/c1-3-23-16(11-6-10(2)25-8-11)21-22-17(23)26-9-15(24)20-14-5-4-12(18)7-13(14)19/h4-8H,3,9H2,1-2H3,(H,20,24). The van der Waals surface area contributed by atoms with E-state index in [1.165, 1.54) is 22.7 Å². The summed E-state index contributed by atoms with van der Waals surface area (Å²) in [4.78, 5) is 13.2. The highest BCUT2D eigenvalue weighted by atomic mass is 32.2. The van der Waals surface area contributed by atoms with Crippen molar-refractivity contribution in [3.05, 3.63) is 46.2 Å². The van der Waals surface area contributed by atoms with Crippen molar-refractivity contribution in [2.75, 3.05) is 11.1 Å². The van der Waals surface area contributed by atoms with Gasteiger partial charge in [-0.15, -0.1) is 21.5 Å². The number of benzene rings is 1. The number of anilines is 1. The average molecular weight is 394 g/mol. The maximum atomic E-state index is 13.6. The Bertz CT molecular complexity index is 939. The summed E-state index contributed by atoms with van der Waals surface area (Å²) in [5, 5.41) is 13.4. The monoisotopic (exact) mass is 394 g/mol. The van der Waals surface area contributed by atoms with E-state index in [0.29, 0.717) is 11.7 Å². The Labute approximate surface area is 157 Å². The molecule has 2 aromatic heterocycles. The average Bonchev–Trinajstić information content (AvgIpc) is 3.21. The Hall–Kier alpha value is -2.26. The lowest BCUT2D eigenvalue weighted by Gasteiger charge is -2.08. The molecule has 2 heterocycles. The van der Waals surface area contributed by atoms with E-state index in [1.807, 2.05) is 29.9 Å². The molecule has 1 aromatic carbocycles. The molecular weight excluding hydrogens is 378 g/mol. The molecule has 0 fully saturated rings. The second-order valence-corrected chi connectivity index (χ2v) is 7.52. The first kappa shape index (κ1) is 18.5. The quantitative estimate of drug-likeness (QED) is 0.632. The van der Waals surface area contributed by atoms with Gasteiger partial charge in [0.25, 0.3) is 0 Å². The van der Waals surface area contributed by atoms with Crippen molar-refractivity contribution in [1.29, 1.82) is 0 Å². The number of carbonyl (C=O) groups is 1. The van der Waals surface area contributed by atoms with Crippen LogP contribution in [0, 0.1) is 18.6 Å². The minimum Gasteiger partial charge on any atom is -0.323 e. The molecule has 0 aliphatic rings. The summed E-state index contributed by atoms with van der Waals surface area (Å²) in [5.74, 6) is -1.11. The highest BCUT2D eigenvalue weighted by Crippen LogP contribution is 2.27. The predicted molar refractivity (Wildman–Crippen MR) is 99.5 cm³/mol. The third-order valence-electron chi connectivity index (χ3n) is 3.56.